The summed E-state index contributed by atoms with van der Waals surface area (Å²) in [6.07, 6.45) is 5.17. The van der Waals surface area contributed by atoms with Gasteiger partial charge in [0.1, 0.15) is 17.0 Å². The molecule has 4 heterocycles. The van der Waals surface area contributed by atoms with Crippen molar-refractivity contribution in [3.05, 3.63) is 90.9 Å². The average Bonchev–Trinajstić information content (AvgIpc) is 3.48. The van der Waals surface area contributed by atoms with Crippen molar-refractivity contribution in [2.45, 2.75) is 6.54 Å². The molecule has 0 bridgehead atoms. The molecule has 0 aliphatic heterocycles. The van der Waals surface area contributed by atoms with Gasteiger partial charge in [0.25, 0.3) is 0 Å². The van der Waals surface area contributed by atoms with E-state index < -0.39 is 0 Å². The van der Waals surface area contributed by atoms with Crippen LogP contribution in [0.5, 0.6) is 0 Å². The van der Waals surface area contributed by atoms with Crippen molar-refractivity contribution in [1.29, 1.82) is 0 Å². The first kappa shape index (κ1) is 18.1. The molecule has 0 aliphatic carbocycles. The van der Waals surface area contributed by atoms with Gasteiger partial charge in [0.2, 0.25) is 0 Å². The number of hydrogen-bond donors (Lipinski definition) is 1. The van der Waals surface area contributed by atoms with E-state index in [1.807, 2.05) is 66.7 Å². The number of anilines is 1. The molecule has 4 aromatic heterocycles. The smallest absolute Gasteiger partial charge is 0.184 e. The normalized spacial score (nSPS) is 11.2. The third kappa shape index (κ3) is 3.12. The summed E-state index contributed by atoms with van der Waals surface area (Å²) < 4.78 is 3.56. The first-order valence-corrected chi connectivity index (χ1v) is 10.1. The van der Waals surface area contributed by atoms with Gasteiger partial charge in [-0.1, -0.05) is 47.7 Å². The molecule has 9 nitrogen and oxygen atoms in total. The highest BCUT2D eigenvalue weighted by molar-refractivity contribution is 5.79. The number of hydrogen-bond acceptors (Lipinski definition) is 7. The zero-order valence-electron chi connectivity index (χ0n) is 16.9. The van der Waals surface area contributed by atoms with Gasteiger partial charge in [-0.3, -0.25) is 0 Å². The maximum atomic E-state index is 4.93. The van der Waals surface area contributed by atoms with E-state index in [-0.39, 0.29) is 0 Å². The number of rotatable bonds is 5. The molecule has 0 fully saturated rings. The summed E-state index contributed by atoms with van der Waals surface area (Å²) in [5.41, 5.74) is 6.00. The van der Waals surface area contributed by atoms with Crippen LogP contribution in [-0.2, 0) is 6.54 Å². The van der Waals surface area contributed by atoms with Gasteiger partial charge in [-0.2, -0.15) is 19.8 Å². The van der Waals surface area contributed by atoms with Crippen LogP contribution in [-0.4, -0.2) is 39.8 Å². The third-order valence-corrected chi connectivity index (χ3v) is 5.22. The van der Waals surface area contributed by atoms with Crippen LogP contribution < -0.4 is 5.32 Å². The Morgan fingerprint density at radius 3 is 2.62 bits per heavy atom. The standard InChI is InChI=1S/C23H17N9/c1-2-6-17(7-3-1)19-12-22(24-13-16-10-11-25-26-14-16)32-23(28-19)21(15-27-32)31-20-9-5-4-8-18(20)29-30-31/h1-12,14-15,24H,13H2. The van der Waals surface area contributed by atoms with Gasteiger partial charge in [0, 0.05) is 24.4 Å². The highest BCUT2D eigenvalue weighted by Crippen LogP contribution is 2.26. The van der Waals surface area contributed by atoms with Crippen LogP contribution in [0.1, 0.15) is 5.56 Å². The second-order valence-corrected chi connectivity index (χ2v) is 7.25. The molecule has 0 saturated heterocycles. The lowest BCUT2D eigenvalue weighted by atomic mass is 10.1. The Bertz CT molecular complexity index is 1520. The van der Waals surface area contributed by atoms with Gasteiger partial charge in [0.15, 0.2) is 5.65 Å². The van der Waals surface area contributed by atoms with Crippen LogP contribution in [0.25, 0.3) is 33.6 Å². The highest BCUT2D eigenvalue weighted by atomic mass is 15.4. The lowest BCUT2D eigenvalue weighted by molar-refractivity contribution is 0.827. The molecule has 0 unspecified atom stereocenters. The molecule has 9 heteroatoms. The van der Waals surface area contributed by atoms with E-state index in [0.29, 0.717) is 12.2 Å². The molecule has 0 spiro atoms. The summed E-state index contributed by atoms with van der Waals surface area (Å²) in [7, 11) is 0. The minimum atomic E-state index is 0.574. The summed E-state index contributed by atoms with van der Waals surface area (Å²) in [5, 5.41) is 24.5. The van der Waals surface area contributed by atoms with Crippen LogP contribution in [0, 0.1) is 0 Å². The van der Waals surface area contributed by atoms with E-state index in [2.05, 4.69) is 30.9 Å². The number of nitrogens with one attached hydrogen (secondary N) is 1. The quantitative estimate of drug-likeness (QED) is 0.456. The molecular formula is C23H17N9. The molecule has 32 heavy (non-hydrogen) atoms. The second-order valence-electron chi connectivity index (χ2n) is 7.25. The Labute approximate surface area is 182 Å². The maximum Gasteiger partial charge on any atom is 0.184 e. The Morgan fingerprint density at radius 1 is 0.875 bits per heavy atom. The molecule has 1 N–H and O–H groups in total. The van der Waals surface area contributed by atoms with Gasteiger partial charge < -0.3 is 5.32 Å². The monoisotopic (exact) mass is 419 g/mol. The van der Waals surface area contributed by atoms with E-state index in [1.54, 1.807) is 27.8 Å². The molecule has 0 aliphatic rings. The van der Waals surface area contributed by atoms with Crippen LogP contribution in [0.4, 0.5) is 5.82 Å². The van der Waals surface area contributed by atoms with Gasteiger partial charge in [-0.25, -0.2) is 9.67 Å². The van der Waals surface area contributed by atoms with Crippen LogP contribution in [0.15, 0.2) is 85.3 Å². The lowest BCUT2D eigenvalue weighted by Gasteiger charge is -2.11. The molecule has 6 rings (SSSR count). The van der Waals surface area contributed by atoms with Crippen molar-refractivity contribution in [3.63, 3.8) is 0 Å². The van der Waals surface area contributed by atoms with Gasteiger partial charge in [-0.15, -0.1) is 5.10 Å². The lowest BCUT2D eigenvalue weighted by Crippen LogP contribution is -2.08. The van der Waals surface area contributed by atoms with Gasteiger partial charge >= 0.3 is 0 Å². The predicted octanol–water partition coefficient (Wildman–Crippen LogP) is 3.53. The molecule has 2 aromatic carbocycles. The van der Waals surface area contributed by atoms with Gasteiger partial charge in [-0.05, 0) is 23.8 Å². The Kier molecular flexibility index (Phi) is 4.28. The fourth-order valence-corrected chi connectivity index (χ4v) is 3.65. The van der Waals surface area contributed by atoms with Crippen molar-refractivity contribution in [3.8, 4) is 16.9 Å². The molecule has 0 radical (unpaired) electrons. The summed E-state index contributed by atoms with van der Waals surface area (Å²) in [4.78, 5) is 4.93. The highest BCUT2D eigenvalue weighted by Gasteiger charge is 2.16. The predicted molar refractivity (Wildman–Crippen MR) is 120 cm³/mol. The fraction of sp³-hybridized carbons (Fsp3) is 0.0435. The molecule has 0 amide bonds. The van der Waals surface area contributed by atoms with Crippen LogP contribution in [0.3, 0.4) is 0 Å². The van der Waals surface area contributed by atoms with Crippen LogP contribution >= 0.6 is 0 Å². The number of nitrogens with zero attached hydrogens (tertiary/aromatic N) is 8. The minimum Gasteiger partial charge on any atom is -0.366 e. The topological polar surface area (TPSA) is 98.7 Å². The first-order valence-electron chi connectivity index (χ1n) is 10.1. The van der Waals surface area contributed by atoms with E-state index in [0.717, 1.165) is 39.4 Å². The van der Waals surface area contributed by atoms with E-state index in [4.69, 9.17) is 4.98 Å². The number of benzene rings is 2. The molecule has 154 valence electrons. The molecule has 0 saturated carbocycles. The minimum absolute atomic E-state index is 0.574. The Morgan fingerprint density at radius 2 is 1.75 bits per heavy atom. The Balaban J connectivity index is 1.52. The summed E-state index contributed by atoms with van der Waals surface area (Å²) >= 11 is 0. The largest absolute Gasteiger partial charge is 0.366 e. The average molecular weight is 419 g/mol. The molecule has 6 aromatic rings. The number of para-hydroxylation sites is 1. The summed E-state index contributed by atoms with van der Waals surface area (Å²) in [5.74, 6) is 0.807. The number of fused-ring (bicyclic) bond motifs is 2. The van der Waals surface area contributed by atoms with Crippen molar-refractivity contribution in [2.75, 3.05) is 5.32 Å². The van der Waals surface area contributed by atoms with Crippen LogP contribution in [0.2, 0.25) is 0 Å². The number of aromatic nitrogens is 8. The first-order chi connectivity index (χ1) is 15.9. The fourth-order valence-electron chi connectivity index (χ4n) is 3.65. The van der Waals surface area contributed by atoms with Crippen molar-refractivity contribution in [1.82, 2.24) is 39.8 Å². The summed E-state index contributed by atoms with van der Waals surface area (Å²) in [6.45, 7) is 0.574. The zero-order valence-corrected chi connectivity index (χ0v) is 16.9. The molecule has 0 atom stereocenters. The van der Waals surface area contributed by atoms with Gasteiger partial charge in [0.05, 0.1) is 23.6 Å². The second kappa shape index (κ2) is 7.55. The maximum absolute atomic E-state index is 4.93. The van der Waals surface area contributed by atoms with E-state index in [9.17, 15) is 0 Å². The van der Waals surface area contributed by atoms with E-state index >= 15 is 0 Å². The SMILES string of the molecule is c1ccc(-c2cc(NCc3ccnnc3)n3ncc(-n4nnc5ccccc54)c3n2)cc1. The van der Waals surface area contributed by atoms with Crippen molar-refractivity contribution >= 4 is 22.5 Å². The van der Waals surface area contributed by atoms with E-state index in [1.165, 1.54) is 0 Å². The Hall–Kier alpha value is -4.66. The van der Waals surface area contributed by atoms with Crippen molar-refractivity contribution < 1.29 is 0 Å². The third-order valence-electron chi connectivity index (χ3n) is 5.22. The zero-order chi connectivity index (χ0) is 21.3. The molecular weight excluding hydrogens is 402 g/mol. The summed E-state index contributed by atoms with van der Waals surface area (Å²) in [6, 6.07) is 21.8. The van der Waals surface area contributed by atoms with Crippen molar-refractivity contribution in [2.24, 2.45) is 0 Å².